The second-order valence-electron chi connectivity index (χ2n) is 4.19. The maximum Gasteiger partial charge on any atom is 0.351 e. The summed E-state index contributed by atoms with van der Waals surface area (Å²) in [5.74, 6) is -0.420. The van der Waals surface area contributed by atoms with Gasteiger partial charge in [0.15, 0.2) is 5.76 Å². The highest BCUT2D eigenvalue weighted by molar-refractivity contribution is 7.71. The Morgan fingerprint density at radius 2 is 1.63 bits per heavy atom. The van der Waals surface area contributed by atoms with Crippen LogP contribution >= 0.6 is 15.2 Å². The summed E-state index contributed by atoms with van der Waals surface area (Å²) >= 11 is 0. The predicted octanol–water partition coefficient (Wildman–Crippen LogP) is 1.46. The molecule has 0 saturated carbocycles. The van der Waals surface area contributed by atoms with Crippen molar-refractivity contribution in [2.75, 3.05) is 0 Å². The lowest BCUT2D eigenvalue weighted by molar-refractivity contribution is 0.272. The lowest BCUT2D eigenvalue weighted by atomic mass is 10.1. The monoisotopic (exact) mass is 313 g/mol. The van der Waals surface area contributed by atoms with Crippen LogP contribution in [0.1, 0.15) is 37.3 Å². The zero-order valence-corrected chi connectivity index (χ0v) is 12.6. The van der Waals surface area contributed by atoms with Crippen LogP contribution < -0.4 is 0 Å². The fraction of sp³-hybridized carbons (Fsp3) is 0.667. The minimum absolute atomic E-state index is 0.298. The van der Waals surface area contributed by atoms with Crippen LogP contribution in [0.2, 0.25) is 0 Å². The van der Waals surface area contributed by atoms with Gasteiger partial charge in [0.1, 0.15) is 0 Å². The first-order valence-corrected chi connectivity index (χ1v) is 8.82. The largest absolute Gasteiger partial charge is 0.359 e. The van der Waals surface area contributed by atoms with Crippen molar-refractivity contribution < 1.29 is 33.2 Å². The van der Waals surface area contributed by atoms with E-state index in [-0.39, 0.29) is 0 Å². The van der Waals surface area contributed by atoms with E-state index >= 15 is 0 Å². The molecule has 0 fully saturated rings. The van der Waals surface area contributed by atoms with E-state index in [0.717, 1.165) is 0 Å². The van der Waals surface area contributed by atoms with E-state index in [1.165, 1.54) is 6.92 Å². The van der Waals surface area contributed by atoms with Crippen molar-refractivity contribution in [3.8, 4) is 0 Å². The molecule has 0 saturated heterocycles. The fourth-order valence-electron chi connectivity index (χ4n) is 2.13. The summed E-state index contributed by atoms with van der Waals surface area (Å²) < 4.78 is 28.3. The molecule has 0 spiro atoms. The quantitative estimate of drug-likeness (QED) is 0.599. The molecule has 1 heterocycles. The number of nitrogens with zero attached hydrogens (tertiary/aromatic N) is 1. The molecule has 0 aliphatic carbocycles. The molecule has 1 aromatic heterocycles. The number of aromatic nitrogens is 1. The molecule has 0 aromatic carbocycles. The smallest absolute Gasteiger partial charge is 0.351 e. The highest BCUT2D eigenvalue weighted by atomic mass is 31.2. The van der Waals surface area contributed by atoms with Crippen molar-refractivity contribution in [1.29, 1.82) is 0 Å². The molecule has 1 aromatic rings. The third-order valence-corrected chi connectivity index (χ3v) is 7.69. The fourth-order valence-corrected chi connectivity index (χ4v) is 5.19. The van der Waals surface area contributed by atoms with Crippen LogP contribution in [0.15, 0.2) is 4.52 Å². The summed E-state index contributed by atoms with van der Waals surface area (Å²) in [6.45, 7) is 4.52. The number of hydrogen-bond donors (Lipinski definition) is 4. The zero-order chi connectivity index (χ0) is 15.1. The van der Waals surface area contributed by atoms with Crippen molar-refractivity contribution in [1.82, 2.24) is 5.16 Å². The van der Waals surface area contributed by atoms with Crippen LogP contribution in [-0.2, 0) is 20.4 Å². The third kappa shape index (κ3) is 2.44. The molecule has 0 atom stereocenters. The molecular formula is C9H17NO7P2. The van der Waals surface area contributed by atoms with E-state index in [1.54, 1.807) is 13.8 Å². The van der Waals surface area contributed by atoms with Gasteiger partial charge in [-0.3, -0.25) is 9.13 Å². The van der Waals surface area contributed by atoms with Gasteiger partial charge in [-0.1, -0.05) is 19.0 Å². The molecule has 110 valence electrons. The molecule has 8 nitrogen and oxygen atoms in total. The molecule has 0 unspecified atom stereocenters. The third-order valence-electron chi connectivity index (χ3n) is 3.16. The molecule has 10 heteroatoms. The molecule has 0 radical (unpaired) electrons. The van der Waals surface area contributed by atoms with Gasteiger partial charge in [-0.15, -0.1) is 0 Å². The Kier molecular flexibility index (Phi) is 4.47. The standard InChI is InChI=1S/C9H17NO7P2/c1-4-7-6(3)10-17-8(7)9(5-2,18(11,12)13)19(14,15)16/h4-5H2,1-3H3,(H2,11,12,13)(H2,14,15,16). The summed E-state index contributed by atoms with van der Waals surface area (Å²) in [6.07, 6.45) is -0.171. The Morgan fingerprint density at radius 3 is 1.95 bits per heavy atom. The van der Waals surface area contributed by atoms with Gasteiger partial charge in [0, 0.05) is 5.56 Å². The molecule has 0 amide bonds. The molecule has 19 heavy (non-hydrogen) atoms. The minimum atomic E-state index is -5.17. The molecular weight excluding hydrogens is 296 g/mol. The zero-order valence-electron chi connectivity index (χ0n) is 10.8. The topological polar surface area (TPSA) is 141 Å². The first kappa shape index (κ1) is 16.6. The van der Waals surface area contributed by atoms with Crippen molar-refractivity contribution in [2.24, 2.45) is 0 Å². The summed E-state index contributed by atoms with van der Waals surface area (Å²) in [4.78, 5) is 35.2. The van der Waals surface area contributed by atoms with Gasteiger partial charge in [0.2, 0.25) is 4.90 Å². The van der Waals surface area contributed by atoms with Crippen LogP contribution in [0.3, 0.4) is 0 Å². The number of rotatable bonds is 5. The van der Waals surface area contributed by atoms with E-state index < -0.39 is 32.3 Å². The first-order chi connectivity index (χ1) is 8.53. The van der Waals surface area contributed by atoms with Crippen molar-refractivity contribution in [3.05, 3.63) is 17.0 Å². The predicted molar refractivity (Wildman–Crippen MR) is 66.7 cm³/mol. The normalized spacial score (nSPS) is 13.8. The van der Waals surface area contributed by atoms with E-state index in [0.29, 0.717) is 17.7 Å². The second kappa shape index (κ2) is 5.13. The van der Waals surface area contributed by atoms with Gasteiger partial charge in [0.25, 0.3) is 0 Å². The Balaban J connectivity index is 3.76. The van der Waals surface area contributed by atoms with Crippen molar-refractivity contribution >= 4 is 15.2 Å². The van der Waals surface area contributed by atoms with Gasteiger partial charge >= 0.3 is 15.2 Å². The van der Waals surface area contributed by atoms with Crippen LogP contribution in [-0.4, -0.2) is 24.7 Å². The molecule has 0 bridgehead atoms. The average Bonchev–Trinajstić information content (AvgIpc) is 2.57. The van der Waals surface area contributed by atoms with Gasteiger partial charge in [-0.25, -0.2) is 0 Å². The summed E-state index contributed by atoms with van der Waals surface area (Å²) in [6, 6.07) is 0. The van der Waals surface area contributed by atoms with Crippen LogP contribution in [0.25, 0.3) is 0 Å². The van der Waals surface area contributed by atoms with E-state index in [1.807, 2.05) is 0 Å². The number of aryl methyl sites for hydroxylation is 1. The van der Waals surface area contributed by atoms with Crippen LogP contribution in [0, 0.1) is 6.92 Å². The Hall–Kier alpha value is -0.490. The minimum Gasteiger partial charge on any atom is -0.359 e. The van der Waals surface area contributed by atoms with E-state index in [2.05, 4.69) is 5.16 Å². The lowest BCUT2D eigenvalue weighted by Crippen LogP contribution is -2.26. The molecule has 0 aliphatic rings. The van der Waals surface area contributed by atoms with E-state index in [9.17, 15) is 28.7 Å². The average molecular weight is 313 g/mol. The highest BCUT2D eigenvalue weighted by Gasteiger charge is 2.63. The highest BCUT2D eigenvalue weighted by Crippen LogP contribution is 2.76. The summed E-state index contributed by atoms with van der Waals surface area (Å²) in [5.41, 5.74) is 0.672. The van der Waals surface area contributed by atoms with Gasteiger partial charge < -0.3 is 24.1 Å². The maximum absolute atomic E-state index is 11.7. The van der Waals surface area contributed by atoms with E-state index in [4.69, 9.17) is 4.52 Å². The second-order valence-corrected chi connectivity index (χ2v) is 8.24. The molecule has 1 rings (SSSR count). The maximum atomic E-state index is 11.7. The van der Waals surface area contributed by atoms with Crippen LogP contribution in [0.5, 0.6) is 0 Å². The Bertz CT molecular complexity index is 533. The van der Waals surface area contributed by atoms with Crippen molar-refractivity contribution in [2.45, 2.75) is 38.5 Å². The number of hydrogen-bond acceptors (Lipinski definition) is 4. The summed E-state index contributed by atoms with van der Waals surface area (Å²) in [5, 5.41) is 3.57. The molecule has 4 N–H and O–H groups in total. The van der Waals surface area contributed by atoms with Crippen molar-refractivity contribution in [3.63, 3.8) is 0 Å². The van der Waals surface area contributed by atoms with Gasteiger partial charge in [0.05, 0.1) is 5.69 Å². The van der Waals surface area contributed by atoms with Gasteiger partial charge in [-0.2, -0.15) is 0 Å². The first-order valence-electron chi connectivity index (χ1n) is 5.59. The van der Waals surface area contributed by atoms with Gasteiger partial charge in [-0.05, 0) is 19.8 Å². The summed E-state index contributed by atoms with van der Waals surface area (Å²) in [7, 11) is -10.3. The Morgan fingerprint density at radius 1 is 1.16 bits per heavy atom. The van der Waals surface area contributed by atoms with Crippen LogP contribution in [0.4, 0.5) is 0 Å². The Labute approximate surface area is 110 Å². The SMILES string of the molecule is CCc1c(C)noc1C(CC)(P(=O)(O)O)P(=O)(O)O. The molecule has 0 aliphatic heterocycles. The lowest BCUT2D eigenvalue weighted by Gasteiger charge is -2.31.